The van der Waals surface area contributed by atoms with E-state index in [4.69, 9.17) is 16.3 Å². The molecular weight excluding hydrogens is 266 g/mol. The van der Waals surface area contributed by atoms with Crippen LogP contribution in [0.1, 0.15) is 24.8 Å². The molecule has 1 aromatic rings. The van der Waals surface area contributed by atoms with Crippen molar-refractivity contribution in [1.82, 2.24) is 5.32 Å². The van der Waals surface area contributed by atoms with Gasteiger partial charge in [0, 0.05) is 11.4 Å². The molecule has 4 nitrogen and oxygen atoms in total. The smallest absolute Gasteiger partial charge is 0.328 e. The highest BCUT2D eigenvalue weighted by Gasteiger charge is 2.52. The van der Waals surface area contributed by atoms with Gasteiger partial charge >= 0.3 is 5.97 Å². The van der Waals surface area contributed by atoms with Crippen LogP contribution in [0.4, 0.5) is 0 Å². The van der Waals surface area contributed by atoms with Gasteiger partial charge in [-0.2, -0.15) is 0 Å². The SMILES string of the molecule is O=C1OCCC1NC(=O)C1(c2ccc(Cl)cc2)CC1. The Bertz CT molecular complexity index is 522. The number of esters is 1. The summed E-state index contributed by atoms with van der Waals surface area (Å²) in [5.41, 5.74) is 0.480. The number of cyclic esters (lactones) is 1. The van der Waals surface area contributed by atoms with Crippen molar-refractivity contribution in [3.05, 3.63) is 34.9 Å². The van der Waals surface area contributed by atoms with Gasteiger partial charge in [0.2, 0.25) is 5.91 Å². The summed E-state index contributed by atoms with van der Waals surface area (Å²) in [5, 5.41) is 3.45. The first-order valence-corrected chi connectivity index (χ1v) is 6.73. The van der Waals surface area contributed by atoms with Gasteiger partial charge in [-0.05, 0) is 30.5 Å². The Hall–Kier alpha value is -1.55. The number of carbonyl (C=O) groups excluding carboxylic acids is 2. The third-order valence-corrected chi connectivity index (χ3v) is 4.07. The minimum atomic E-state index is -0.489. The van der Waals surface area contributed by atoms with Crippen LogP contribution in [0, 0.1) is 0 Å². The number of halogens is 1. The molecule has 0 bridgehead atoms. The molecule has 1 atom stereocenters. The van der Waals surface area contributed by atoms with E-state index in [1.807, 2.05) is 12.1 Å². The van der Waals surface area contributed by atoms with Gasteiger partial charge < -0.3 is 10.1 Å². The van der Waals surface area contributed by atoms with Crippen LogP contribution >= 0.6 is 11.6 Å². The van der Waals surface area contributed by atoms with Gasteiger partial charge in [0.1, 0.15) is 6.04 Å². The summed E-state index contributed by atoms with van der Waals surface area (Å²) in [7, 11) is 0. The maximum absolute atomic E-state index is 12.4. The Labute approximate surface area is 116 Å². The molecule has 1 unspecified atom stereocenters. The summed E-state index contributed by atoms with van der Waals surface area (Å²) in [6, 6.07) is 6.84. The van der Waals surface area contributed by atoms with E-state index in [0.29, 0.717) is 18.1 Å². The minimum Gasteiger partial charge on any atom is -0.464 e. The van der Waals surface area contributed by atoms with Crippen LogP contribution in [-0.4, -0.2) is 24.5 Å². The van der Waals surface area contributed by atoms with Crippen molar-refractivity contribution < 1.29 is 14.3 Å². The zero-order chi connectivity index (χ0) is 13.5. The fourth-order valence-corrected chi connectivity index (χ4v) is 2.59. The van der Waals surface area contributed by atoms with Gasteiger partial charge in [0.25, 0.3) is 0 Å². The number of hydrogen-bond donors (Lipinski definition) is 1. The van der Waals surface area contributed by atoms with Crippen LogP contribution in [0.25, 0.3) is 0 Å². The molecule has 1 amide bonds. The van der Waals surface area contributed by atoms with E-state index in [1.54, 1.807) is 12.1 Å². The van der Waals surface area contributed by atoms with Gasteiger partial charge in [-0.1, -0.05) is 23.7 Å². The van der Waals surface area contributed by atoms with Crippen molar-refractivity contribution in [1.29, 1.82) is 0 Å². The fraction of sp³-hybridized carbons (Fsp3) is 0.429. The first-order chi connectivity index (χ1) is 9.12. The van der Waals surface area contributed by atoms with Crippen molar-refractivity contribution in [2.75, 3.05) is 6.61 Å². The fourth-order valence-electron chi connectivity index (χ4n) is 2.46. The monoisotopic (exact) mass is 279 g/mol. The molecule has 0 radical (unpaired) electrons. The lowest BCUT2D eigenvalue weighted by Crippen LogP contribution is -2.43. The Morgan fingerprint density at radius 2 is 2.00 bits per heavy atom. The van der Waals surface area contributed by atoms with Crippen molar-refractivity contribution in [3.8, 4) is 0 Å². The number of benzene rings is 1. The lowest BCUT2D eigenvalue weighted by atomic mass is 9.94. The van der Waals surface area contributed by atoms with Crippen molar-refractivity contribution in [2.24, 2.45) is 0 Å². The molecule has 1 aliphatic carbocycles. The zero-order valence-electron chi connectivity index (χ0n) is 10.3. The highest BCUT2D eigenvalue weighted by atomic mass is 35.5. The lowest BCUT2D eigenvalue weighted by Gasteiger charge is -2.17. The summed E-state index contributed by atoms with van der Waals surface area (Å²) in [5.74, 6) is -0.418. The average molecular weight is 280 g/mol. The second-order valence-corrected chi connectivity index (χ2v) is 5.51. The number of hydrogen-bond acceptors (Lipinski definition) is 3. The molecule has 19 heavy (non-hydrogen) atoms. The molecule has 1 aromatic carbocycles. The quantitative estimate of drug-likeness (QED) is 0.859. The molecule has 3 rings (SSSR count). The molecule has 1 aliphatic heterocycles. The number of rotatable bonds is 3. The molecule has 1 heterocycles. The number of ether oxygens (including phenoxy) is 1. The van der Waals surface area contributed by atoms with E-state index in [-0.39, 0.29) is 11.9 Å². The summed E-state index contributed by atoms with van der Waals surface area (Å²) < 4.78 is 4.85. The Morgan fingerprint density at radius 3 is 2.53 bits per heavy atom. The van der Waals surface area contributed by atoms with E-state index in [9.17, 15) is 9.59 Å². The van der Waals surface area contributed by atoms with Crippen LogP contribution < -0.4 is 5.32 Å². The molecule has 100 valence electrons. The third kappa shape index (κ3) is 2.21. The number of carbonyl (C=O) groups is 2. The summed E-state index contributed by atoms with van der Waals surface area (Å²) in [4.78, 5) is 23.7. The summed E-state index contributed by atoms with van der Waals surface area (Å²) in [6.07, 6.45) is 2.17. The minimum absolute atomic E-state index is 0.0846. The van der Waals surface area contributed by atoms with Gasteiger partial charge in [-0.25, -0.2) is 4.79 Å². The van der Waals surface area contributed by atoms with E-state index >= 15 is 0 Å². The molecule has 2 aliphatic rings. The zero-order valence-corrected chi connectivity index (χ0v) is 11.1. The average Bonchev–Trinajstić information content (AvgIpc) is 3.11. The molecule has 0 spiro atoms. The van der Waals surface area contributed by atoms with Crippen LogP contribution in [-0.2, 0) is 19.7 Å². The predicted molar refractivity (Wildman–Crippen MR) is 69.9 cm³/mol. The topological polar surface area (TPSA) is 55.4 Å². The van der Waals surface area contributed by atoms with Crippen LogP contribution in [0.2, 0.25) is 5.02 Å². The standard InChI is InChI=1S/C14H14ClNO3/c15-10-3-1-9(2-4-10)14(6-7-14)13(18)16-11-5-8-19-12(11)17/h1-4,11H,5-8H2,(H,16,18). The predicted octanol–water partition coefficient (Wildman–Crippen LogP) is 1.80. The molecule has 5 heteroatoms. The number of nitrogens with one attached hydrogen (secondary N) is 1. The third-order valence-electron chi connectivity index (χ3n) is 3.82. The van der Waals surface area contributed by atoms with Gasteiger partial charge in [-0.3, -0.25) is 4.79 Å². The van der Waals surface area contributed by atoms with E-state index in [0.717, 1.165) is 18.4 Å². The van der Waals surface area contributed by atoms with Crippen LogP contribution in [0.3, 0.4) is 0 Å². The highest BCUT2D eigenvalue weighted by Crippen LogP contribution is 2.48. The Balaban J connectivity index is 1.75. The van der Waals surface area contributed by atoms with Crippen LogP contribution in [0.15, 0.2) is 24.3 Å². The van der Waals surface area contributed by atoms with Crippen molar-refractivity contribution in [3.63, 3.8) is 0 Å². The van der Waals surface area contributed by atoms with Crippen molar-refractivity contribution >= 4 is 23.5 Å². The van der Waals surface area contributed by atoms with Gasteiger partial charge in [-0.15, -0.1) is 0 Å². The summed E-state index contributed by atoms with van der Waals surface area (Å²) in [6.45, 7) is 0.387. The maximum Gasteiger partial charge on any atom is 0.328 e. The Morgan fingerprint density at radius 1 is 1.32 bits per heavy atom. The van der Waals surface area contributed by atoms with E-state index in [1.165, 1.54) is 0 Å². The second kappa shape index (κ2) is 4.53. The maximum atomic E-state index is 12.4. The van der Waals surface area contributed by atoms with E-state index in [2.05, 4.69) is 5.32 Å². The molecule has 1 saturated heterocycles. The molecular formula is C14H14ClNO3. The van der Waals surface area contributed by atoms with Gasteiger partial charge in [0.05, 0.1) is 12.0 Å². The number of amides is 1. The summed E-state index contributed by atoms with van der Waals surface area (Å²) >= 11 is 5.86. The molecule has 0 aromatic heterocycles. The first-order valence-electron chi connectivity index (χ1n) is 6.35. The van der Waals surface area contributed by atoms with Crippen molar-refractivity contribution in [2.45, 2.75) is 30.7 Å². The molecule has 2 fully saturated rings. The van der Waals surface area contributed by atoms with Gasteiger partial charge in [0.15, 0.2) is 0 Å². The molecule has 1 N–H and O–H groups in total. The lowest BCUT2D eigenvalue weighted by molar-refractivity contribution is -0.141. The first kappa shape index (κ1) is 12.5. The van der Waals surface area contributed by atoms with Crippen LogP contribution in [0.5, 0.6) is 0 Å². The molecule has 1 saturated carbocycles. The second-order valence-electron chi connectivity index (χ2n) is 5.07. The van der Waals surface area contributed by atoms with E-state index < -0.39 is 11.5 Å². The Kier molecular flexibility index (Phi) is 2.97. The largest absolute Gasteiger partial charge is 0.464 e. The normalized spacial score (nSPS) is 23.8. The highest BCUT2D eigenvalue weighted by molar-refractivity contribution is 6.30.